The fourth-order valence-electron chi connectivity index (χ4n) is 1.76. The van der Waals surface area contributed by atoms with Crippen LogP contribution in [0.25, 0.3) is 0 Å². The number of likely N-dealkylation sites (N-methyl/N-ethyl adjacent to an activating group) is 1. The molecule has 5 heteroatoms. The number of ether oxygens (including phenoxy) is 2. The number of carbonyl (C=O) groups excluding carboxylic acids is 1. The van der Waals surface area contributed by atoms with E-state index in [4.69, 9.17) is 9.47 Å². The Bertz CT molecular complexity index is 433. The molecule has 0 radical (unpaired) electrons. The number of fused-ring (bicyclic) bond motifs is 1. The zero-order valence-corrected chi connectivity index (χ0v) is 9.90. The molecule has 1 unspecified atom stereocenters. The van der Waals surface area contributed by atoms with Crippen molar-refractivity contribution in [3.05, 3.63) is 23.8 Å². The van der Waals surface area contributed by atoms with Gasteiger partial charge in [-0.1, -0.05) is 0 Å². The molecule has 1 aromatic rings. The molecule has 0 aliphatic carbocycles. The number of rotatable bonds is 4. The maximum Gasteiger partial charge on any atom is 0.231 e. The van der Waals surface area contributed by atoms with Crippen molar-refractivity contribution in [2.75, 3.05) is 13.3 Å². The summed E-state index contributed by atoms with van der Waals surface area (Å²) >= 11 is 0. The molecule has 5 nitrogen and oxygen atoms in total. The smallest absolute Gasteiger partial charge is 0.231 e. The number of hydrogen-bond acceptors (Lipinski definition) is 4. The van der Waals surface area contributed by atoms with Gasteiger partial charge in [-0.3, -0.25) is 4.79 Å². The highest BCUT2D eigenvalue weighted by molar-refractivity contribution is 5.99. The van der Waals surface area contributed by atoms with Crippen LogP contribution < -0.4 is 14.5 Å². The number of quaternary nitrogens is 1. The molecule has 2 N–H and O–H groups in total. The van der Waals surface area contributed by atoms with Crippen molar-refractivity contribution >= 4 is 5.78 Å². The normalized spacial score (nSPS) is 16.6. The van der Waals surface area contributed by atoms with Gasteiger partial charge in [-0.15, -0.1) is 0 Å². The molecule has 92 valence electrons. The average molecular weight is 238 g/mol. The minimum atomic E-state index is -0.486. The summed E-state index contributed by atoms with van der Waals surface area (Å²) in [6.07, 6.45) is 0. The van der Waals surface area contributed by atoms with Crippen LogP contribution in [0.4, 0.5) is 0 Å². The Balaban J connectivity index is 2.20. The van der Waals surface area contributed by atoms with E-state index in [1.165, 1.54) is 0 Å². The van der Waals surface area contributed by atoms with Crippen molar-refractivity contribution in [3.63, 3.8) is 0 Å². The average Bonchev–Trinajstić information content (AvgIpc) is 2.83. The second-order valence-corrected chi connectivity index (χ2v) is 4.00. The van der Waals surface area contributed by atoms with Gasteiger partial charge in [0.2, 0.25) is 12.6 Å². The standard InChI is InChI=1S/C12H15NO4/c1-3-13(15)8(2)12(14)9-4-5-10-11(6-9)17-7-16-10/h4-6,8,15H,3,7H2,1-2H3/p+1/t8-/m1/s1. The maximum absolute atomic E-state index is 12.1. The van der Waals surface area contributed by atoms with E-state index < -0.39 is 6.04 Å². The number of carbonyl (C=O) groups is 1. The Labute approximate surface area is 99.5 Å². The van der Waals surface area contributed by atoms with Crippen LogP contribution in [0.15, 0.2) is 18.2 Å². The van der Waals surface area contributed by atoms with Crippen LogP contribution in [0.1, 0.15) is 24.2 Å². The largest absolute Gasteiger partial charge is 0.454 e. The van der Waals surface area contributed by atoms with Gasteiger partial charge < -0.3 is 9.47 Å². The van der Waals surface area contributed by atoms with Gasteiger partial charge >= 0.3 is 0 Å². The minimum Gasteiger partial charge on any atom is -0.454 e. The van der Waals surface area contributed by atoms with Crippen molar-refractivity contribution in [3.8, 4) is 11.5 Å². The van der Waals surface area contributed by atoms with Gasteiger partial charge in [0.1, 0.15) is 6.54 Å². The molecule has 0 spiro atoms. The molecule has 1 heterocycles. The molecule has 2 atom stereocenters. The van der Waals surface area contributed by atoms with Gasteiger partial charge in [-0.25, -0.2) is 5.21 Å². The summed E-state index contributed by atoms with van der Waals surface area (Å²) < 4.78 is 10.4. The topological polar surface area (TPSA) is 60.2 Å². The molecule has 17 heavy (non-hydrogen) atoms. The van der Waals surface area contributed by atoms with Crippen molar-refractivity contribution in [1.82, 2.24) is 0 Å². The molecule has 0 aromatic heterocycles. The van der Waals surface area contributed by atoms with Crippen molar-refractivity contribution in [1.29, 1.82) is 0 Å². The molecule has 0 amide bonds. The summed E-state index contributed by atoms with van der Waals surface area (Å²) in [5.74, 6) is 1.12. The third-order valence-corrected chi connectivity index (χ3v) is 2.91. The number of benzene rings is 1. The van der Waals surface area contributed by atoms with Gasteiger partial charge in [0, 0.05) is 5.56 Å². The number of hydrogen-bond donors (Lipinski definition) is 2. The van der Waals surface area contributed by atoms with Crippen LogP contribution in [0, 0.1) is 0 Å². The fraction of sp³-hybridized carbons (Fsp3) is 0.417. The molecule has 0 bridgehead atoms. The van der Waals surface area contributed by atoms with Crippen LogP contribution in [0.5, 0.6) is 11.5 Å². The van der Waals surface area contributed by atoms with Gasteiger partial charge in [0.15, 0.2) is 17.5 Å². The first-order valence-corrected chi connectivity index (χ1v) is 5.62. The number of nitrogens with one attached hydrogen (secondary N) is 1. The SMILES string of the molecule is CC[NH+](O)[C@H](C)C(=O)c1ccc2c(c1)OCO2. The van der Waals surface area contributed by atoms with Gasteiger partial charge in [-0.05, 0) is 32.0 Å². The highest BCUT2D eigenvalue weighted by Crippen LogP contribution is 2.32. The van der Waals surface area contributed by atoms with E-state index in [-0.39, 0.29) is 17.6 Å². The lowest BCUT2D eigenvalue weighted by Gasteiger charge is -2.15. The number of hydroxylamine groups is 2. The monoisotopic (exact) mass is 238 g/mol. The van der Waals surface area contributed by atoms with E-state index in [1.54, 1.807) is 25.1 Å². The van der Waals surface area contributed by atoms with E-state index >= 15 is 0 Å². The number of Topliss-reactive ketones (excluding diaryl/α,β-unsaturated/α-hetero) is 1. The Morgan fingerprint density at radius 2 is 2.18 bits per heavy atom. The van der Waals surface area contributed by atoms with E-state index in [1.807, 2.05) is 6.92 Å². The first-order valence-electron chi connectivity index (χ1n) is 5.62. The molecule has 1 aliphatic heterocycles. The summed E-state index contributed by atoms with van der Waals surface area (Å²) in [5, 5.41) is 9.79. The summed E-state index contributed by atoms with van der Waals surface area (Å²) in [6, 6.07) is 4.57. The van der Waals surface area contributed by atoms with E-state index in [9.17, 15) is 10.0 Å². The van der Waals surface area contributed by atoms with E-state index in [0.29, 0.717) is 23.6 Å². The molecular formula is C12H16NO4+. The summed E-state index contributed by atoms with van der Waals surface area (Å²) in [6.45, 7) is 4.19. The number of ketones is 1. The third-order valence-electron chi connectivity index (χ3n) is 2.91. The lowest BCUT2D eigenvalue weighted by Crippen LogP contribution is -3.14. The predicted octanol–water partition coefficient (Wildman–Crippen LogP) is 0.280. The molecule has 0 saturated carbocycles. The summed E-state index contributed by atoms with van der Waals surface area (Å²) in [5.41, 5.74) is 0.529. The van der Waals surface area contributed by atoms with Gasteiger partial charge in [-0.2, -0.15) is 5.06 Å². The highest BCUT2D eigenvalue weighted by Gasteiger charge is 2.26. The molecular weight excluding hydrogens is 222 g/mol. The van der Waals surface area contributed by atoms with Gasteiger partial charge in [0.05, 0.1) is 0 Å². The van der Waals surface area contributed by atoms with Crippen LogP contribution in [0.2, 0.25) is 0 Å². The molecule has 2 rings (SSSR count). The lowest BCUT2D eigenvalue weighted by atomic mass is 10.0. The van der Waals surface area contributed by atoms with Crippen molar-refractivity contribution in [2.45, 2.75) is 19.9 Å². The van der Waals surface area contributed by atoms with Crippen LogP contribution in [-0.4, -0.2) is 30.4 Å². The maximum atomic E-state index is 12.1. The molecule has 1 aromatic carbocycles. The second-order valence-electron chi connectivity index (χ2n) is 4.00. The Morgan fingerprint density at radius 3 is 2.88 bits per heavy atom. The highest BCUT2D eigenvalue weighted by atomic mass is 16.7. The van der Waals surface area contributed by atoms with Crippen LogP contribution in [-0.2, 0) is 0 Å². The van der Waals surface area contributed by atoms with Crippen molar-refractivity contribution < 1.29 is 24.5 Å². The van der Waals surface area contributed by atoms with Crippen LogP contribution >= 0.6 is 0 Å². The lowest BCUT2D eigenvalue weighted by molar-refractivity contribution is -1.10. The van der Waals surface area contributed by atoms with E-state index in [0.717, 1.165) is 0 Å². The second kappa shape index (κ2) is 4.73. The quantitative estimate of drug-likeness (QED) is 0.584. The third kappa shape index (κ3) is 2.25. The van der Waals surface area contributed by atoms with E-state index in [2.05, 4.69) is 0 Å². The Kier molecular flexibility index (Phi) is 3.31. The minimum absolute atomic E-state index is 0.109. The molecule has 1 aliphatic rings. The summed E-state index contributed by atoms with van der Waals surface area (Å²) in [7, 11) is 0. The van der Waals surface area contributed by atoms with Crippen molar-refractivity contribution in [2.24, 2.45) is 0 Å². The fourth-order valence-corrected chi connectivity index (χ4v) is 1.76. The first-order chi connectivity index (χ1) is 8.13. The Hall–Kier alpha value is -1.59. The van der Waals surface area contributed by atoms with Crippen LogP contribution in [0.3, 0.4) is 0 Å². The first kappa shape index (κ1) is 11.9. The predicted molar refractivity (Wildman–Crippen MR) is 59.6 cm³/mol. The molecule has 0 saturated heterocycles. The van der Waals surface area contributed by atoms with Gasteiger partial charge in [0.25, 0.3) is 0 Å². The Morgan fingerprint density at radius 1 is 1.47 bits per heavy atom. The zero-order chi connectivity index (χ0) is 12.4. The molecule has 0 fully saturated rings. The zero-order valence-electron chi connectivity index (χ0n) is 9.90. The summed E-state index contributed by atoms with van der Waals surface area (Å²) in [4.78, 5) is 12.1.